The highest BCUT2D eigenvalue weighted by atomic mass is 16.3. The van der Waals surface area contributed by atoms with Crippen molar-refractivity contribution < 1.29 is 10.2 Å². The molecule has 0 radical (unpaired) electrons. The zero-order chi connectivity index (χ0) is 9.11. The average Bonchev–Trinajstić information content (AvgIpc) is 2.01. The van der Waals surface area contributed by atoms with Gasteiger partial charge < -0.3 is 10.2 Å². The second-order valence-corrected chi connectivity index (χ2v) is 2.38. The van der Waals surface area contributed by atoms with Crippen molar-refractivity contribution in [3.05, 3.63) is 12.2 Å². The molecule has 0 aromatic carbocycles. The molecule has 2 N–H and O–H groups in total. The molecule has 0 heterocycles. The topological polar surface area (TPSA) is 40.5 Å². The summed E-state index contributed by atoms with van der Waals surface area (Å²) in [4.78, 5) is 0. The molecule has 0 aliphatic rings. The minimum Gasteiger partial charge on any atom is -0.396 e. The SMILES string of the molecule is CC(O)CCCO.CC=CC. The lowest BCUT2D eigenvalue weighted by Crippen LogP contribution is -1.99. The van der Waals surface area contributed by atoms with Crippen molar-refractivity contribution in [3.63, 3.8) is 0 Å². The number of hydrogen-bond donors (Lipinski definition) is 2. The third-order valence-electron chi connectivity index (χ3n) is 1.11. The van der Waals surface area contributed by atoms with Gasteiger partial charge in [-0.15, -0.1) is 0 Å². The minimum atomic E-state index is -0.257. The lowest BCUT2D eigenvalue weighted by molar-refractivity contribution is 0.167. The largest absolute Gasteiger partial charge is 0.396 e. The molecule has 0 bridgehead atoms. The van der Waals surface area contributed by atoms with Crippen LogP contribution < -0.4 is 0 Å². The Morgan fingerprint density at radius 1 is 1.27 bits per heavy atom. The summed E-state index contributed by atoms with van der Waals surface area (Å²) in [6.07, 6.45) is 5.15. The van der Waals surface area contributed by atoms with Crippen LogP contribution in [0.3, 0.4) is 0 Å². The van der Waals surface area contributed by atoms with E-state index >= 15 is 0 Å². The molecule has 2 heteroatoms. The zero-order valence-electron chi connectivity index (χ0n) is 7.75. The Hall–Kier alpha value is -0.340. The van der Waals surface area contributed by atoms with E-state index in [-0.39, 0.29) is 12.7 Å². The predicted octanol–water partition coefficient (Wildman–Crippen LogP) is 1.72. The minimum absolute atomic E-state index is 0.185. The van der Waals surface area contributed by atoms with Crippen molar-refractivity contribution in [1.29, 1.82) is 0 Å². The summed E-state index contributed by atoms with van der Waals surface area (Å²) < 4.78 is 0. The van der Waals surface area contributed by atoms with Gasteiger partial charge in [0.2, 0.25) is 0 Å². The normalized spacial score (nSPS) is 12.5. The highest BCUT2D eigenvalue weighted by Crippen LogP contribution is 1.92. The molecular formula is C9H20O2. The first-order chi connectivity index (χ1) is 5.18. The van der Waals surface area contributed by atoms with E-state index in [1.807, 2.05) is 26.0 Å². The van der Waals surface area contributed by atoms with E-state index in [1.165, 1.54) is 0 Å². The van der Waals surface area contributed by atoms with Gasteiger partial charge in [0.15, 0.2) is 0 Å². The van der Waals surface area contributed by atoms with E-state index in [4.69, 9.17) is 10.2 Å². The van der Waals surface area contributed by atoms with Gasteiger partial charge in [0.05, 0.1) is 6.10 Å². The van der Waals surface area contributed by atoms with Crippen molar-refractivity contribution >= 4 is 0 Å². The monoisotopic (exact) mass is 160 g/mol. The summed E-state index contributed by atoms with van der Waals surface area (Å²) >= 11 is 0. The fraction of sp³-hybridized carbons (Fsp3) is 0.778. The molecule has 2 nitrogen and oxygen atoms in total. The maximum absolute atomic E-state index is 8.57. The van der Waals surface area contributed by atoms with Crippen LogP contribution in [-0.4, -0.2) is 22.9 Å². The molecule has 11 heavy (non-hydrogen) atoms. The van der Waals surface area contributed by atoms with Gasteiger partial charge in [-0.1, -0.05) is 12.2 Å². The van der Waals surface area contributed by atoms with Gasteiger partial charge in [-0.25, -0.2) is 0 Å². The number of aliphatic hydroxyl groups is 2. The van der Waals surface area contributed by atoms with Gasteiger partial charge in [0, 0.05) is 6.61 Å². The Balaban J connectivity index is 0. The van der Waals surface area contributed by atoms with Crippen molar-refractivity contribution in [2.45, 2.75) is 39.7 Å². The Bertz CT molecular complexity index is 73.6. The molecule has 0 fully saturated rings. The smallest absolute Gasteiger partial charge is 0.0513 e. The molecule has 0 rings (SSSR count). The van der Waals surface area contributed by atoms with Crippen LogP contribution in [-0.2, 0) is 0 Å². The molecule has 0 saturated carbocycles. The molecule has 0 aromatic heterocycles. The highest BCUT2D eigenvalue weighted by Gasteiger charge is 1.90. The molecule has 0 aliphatic carbocycles. The molecular weight excluding hydrogens is 140 g/mol. The van der Waals surface area contributed by atoms with Gasteiger partial charge in [-0.3, -0.25) is 0 Å². The summed E-state index contributed by atoms with van der Waals surface area (Å²) in [5.41, 5.74) is 0. The number of hydrogen-bond acceptors (Lipinski definition) is 2. The van der Waals surface area contributed by atoms with Gasteiger partial charge >= 0.3 is 0 Å². The van der Waals surface area contributed by atoms with Crippen molar-refractivity contribution in [2.75, 3.05) is 6.61 Å². The first-order valence-corrected chi connectivity index (χ1v) is 4.05. The van der Waals surface area contributed by atoms with Gasteiger partial charge in [0.25, 0.3) is 0 Å². The van der Waals surface area contributed by atoms with Crippen LogP contribution in [0.1, 0.15) is 33.6 Å². The van der Waals surface area contributed by atoms with Crippen LogP contribution in [0.5, 0.6) is 0 Å². The van der Waals surface area contributed by atoms with E-state index in [9.17, 15) is 0 Å². The third-order valence-corrected chi connectivity index (χ3v) is 1.11. The Morgan fingerprint density at radius 3 is 1.82 bits per heavy atom. The summed E-state index contributed by atoms with van der Waals surface area (Å²) in [6.45, 7) is 5.90. The maximum atomic E-state index is 8.57. The predicted molar refractivity (Wildman–Crippen MR) is 48.5 cm³/mol. The van der Waals surface area contributed by atoms with E-state index < -0.39 is 0 Å². The second-order valence-electron chi connectivity index (χ2n) is 2.38. The summed E-state index contributed by atoms with van der Waals surface area (Å²) in [6, 6.07) is 0. The average molecular weight is 160 g/mol. The van der Waals surface area contributed by atoms with Crippen LogP contribution in [0.2, 0.25) is 0 Å². The number of rotatable bonds is 3. The van der Waals surface area contributed by atoms with Gasteiger partial charge in [-0.2, -0.15) is 0 Å². The highest BCUT2D eigenvalue weighted by molar-refractivity contribution is 4.68. The van der Waals surface area contributed by atoms with Crippen molar-refractivity contribution in [1.82, 2.24) is 0 Å². The Kier molecular flexibility index (Phi) is 14.9. The van der Waals surface area contributed by atoms with Crippen LogP contribution in [0.25, 0.3) is 0 Å². The summed E-state index contributed by atoms with van der Waals surface area (Å²) in [5, 5.41) is 16.8. The summed E-state index contributed by atoms with van der Waals surface area (Å²) in [5.74, 6) is 0. The fourth-order valence-electron chi connectivity index (χ4n) is 0.387. The molecule has 0 amide bonds. The zero-order valence-corrected chi connectivity index (χ0v) is 7.75. The Morgan fingerprint density at radius 2 is 1.73 bits per heavy atom. The van der Waals surface area contributed by atoms with Crippen molar-refractivity contribution in [3.8, 4) is 0 Å². The van der Waals surface area contributed by atoms with Gasteiger partial charge in [-0.05, 0) is 33.6 Å². The lowest BCUT2D eigenvalue weighted by Gasteiger charge is -1.98. The molecule has 0 saturated heterocycles. The van der Waals surface area contributed by atoms with E-state index in [2.05, 4.69) is 0 Å². The fourth-order valence-corrected chi connectivity index (χ4v) is 0.387. The molecule has 0 spiro atoms. The van der Waals surface area contributed by atoms with Gasteiger partial charge in [0.1, 0.15) is 0 Å². The number of allylic oxidation sites excluding steroid dienone is 2. The molecule has 1 unspecified atom stereocenters. The van der Waals surface area contributed by atoms with Crippen LogP contribution in [0.15, 0.2) is 12.2 Å². The Labute approximate surface area is 69.6 Å². The van der Waals surface area contributed by atoms with E-state index in [0.717, 1.165) is 0 Å². The van der Waals surface area contributed by atoms with E-state index in [1.54, 1.807) is 6.92 Å². The van der Waals surface area contributed by atoms with E-state index in [0.29, 0.717) is 12.8 Å². The molecule has 0 aromatic rings. The standard InChI is InChI=1S/C5H12O2.C4H8/c1-5(7)3-2-4-6;1-3-4-2/h5-7H,2-4H2,1H3;3-4H,1-2H3. The van der Waals surface area contributed by atoms with Crippen LogP contribution >= 0.6 is 0 Å². The quantitative estimate of drug-likeness (QED) is 0.617. The van der Waals surface area contributed by atoms with Crippen LogP contribution in [0, 0.1) is 0 Å². The molecule has 0 aliphatic heterocycles. The lowest BCUT2D eigenvalue weighted by atomic mass is 10.2. The van der Waals surface area contributed by atoms with Crippen molar-refractivity contribution in [2.24, 2.45) is 0 Å². The maximum Gasteiger partial charge on any atom is 0.0513 e. The van der Waals surface area contributed by atoms with Crippen LogP contribution in [0.4, 0.5) is 0 Å². The third kappa shape index (κ3) is 26.1. The number of aliphatic hydroxyl groups excluding tert-OH is 2. The first-order valence-electron chi connectivity index (χ1n) is 4.05. The summed E-state index contributed by atoms with van der Waals surface area (Å²) in [7, 11) is 0. The molecule has 68 valence electrons. The second kappa shape index (κ2) is 12.3. The molecule has 1 atom stereocenters. The first kappa shape index (κ1) is 13.3.